The van der Waals surface area contributed by atoms with E-state index in [1.54, 1.807) is 0 Å². The van der Waals surface area contributed by atoms with Gasteiger partial charge in [-0.25, -0.2) is 0 Å². The highest BCUT2D eigenvalue weighted by molar-refractivity contribution is 5.17. The first-order chi connectivity index (χ1) is 5.81. The van der Waals surface area contributed by atoms with Gasteiger partial charge in [0.05, 0.1) is 0 Å². The van der Waals surface area contributed by atoms with Crippen LogP contribution >= 0.6 is 0 Å². The number of hydrogen-bond donors (Lipinski definition) is 0. The summed E-state index contributed by atoms with van der Waals surface area (Å²) in [5.41, 5.74) is 1.20. The van der Waals surface area contributed by atoms with Crippen molar-refractivity contribution in [3.63, 3.8) is 0 Å². The summed E-state index contributed by atoms with van der Waals surface area (Å²) < 4.78 is 0. The number of allylic oxidation sites excluding steroid dienone is 5. The molecule has 0 amide bonds. The minimum Gasteiger partial charge on any atom is -0.0955 e. The van der Waals surface area contributed by atoms with Crippen molar-refractivity contribution in [1.82, 2.24) is 0 Å². The van der Waals surface area contributed by atoms with E-state index in [0.717, 1.165) is 6.42 Å². The maximum Gasteiger partial charge on any atom is -0.0104 e. The van der Waals surface area contributed by atoms with E-state index < -0.39 is 0 Å². The van der Waals surface area contributed by atoms with E-state index in [1.165, 1.54) is 24.8 Å². The summed E-state index contributed by atoms with van der Waals surface area (Å²) in [6.45, 7) is 8.20. The molecule has 0 saturated carbocycles. The van der Waals surface area contributed by atoms with E-state index in [1.807, 2.05) is 6.92 Å². The first-order valence-electron chi connectivity index (χ1n) is 4.76. The van der Waals surface area contributed by atoms with Gasteiger partial charge in [0.15, 0.2) is 0 Å². The Hall–Kier alpha value is -0.780. The molecule has 0 N–H and O–H groups in total. The van der Waals surface area contributed by atoms with E-state index in [9.17, 15) is 0 Å². The zero-order chi connectivity index (χ0) is 9.23. The number of hydrogen-bond acceptors (Lipinski definition) is 0. The van der Waals surface area contributed by atoms with Gasteiger partial charge in [-0.1, -0.05) is 56.2 Å². The van der Waals surface area contributed by atoms with Gasteiger partial charge in [0.25, 0.3) is 0 Å². The van der Waals surface area contributed by atoms with Gasteiger partial charge in [0, 0.05) is 0 Å². The lowest BCUT2D eigenvalue weighted by Crippen LogP contribution is -1.72. The summed E-state index contributed by atoms with van der Waals surface area (Å²) >= 11 is 0. The molecule has 0 aromatic heterocycles. The molecule has 0 spiro atoms. The number of rotatable bonds is 6. The fraction of sp³-hybridized carbons (Fsp3) is 0.500. The Labute approximate surface area is 76.7 Å². The van der Waals surface area contributed by atoms with Crippen molar-refractivity contribution >= 4 is 0 Å². The van der Waals surface area contributed by atoms with Crippen LogP contribution in [0, 0.1) is 0 Å². The maximum atomic E-state index is 3.95. The lowest BCUT2D eigenvalue weighted by atomic mass is 10.1. The topological polar surface area (TPSA) is 0 Å². The van der Waals surface area contributed by atoms with Crippen LogP contribution in [0.3, 0.4) is 0 Å². The fourth-order valence-electron chi connectivity index (χ4n) is 0.909. The Morgan fingerprint density at radius 1 is 1.33 bits per heavy atom. The molecule has 0 bridgehead atoms. The third kappa shape index (κ3) is 7.33. The quantitative estimate of drug-likeness (QED) is 0.313. The average molecular weight is 164 g/mol. The lowest BCUT2D eigenvalue weighted by Gasteiger charge is -1.92. The van der Waals surface area contributed by atoms with Crippen LogP contribution in [-0.2, 0) is 0 Å². The molecule has 68 valence electrons. The van der Waals surface area contributed by atoms with Crippen LogP contribution in [0.15, 0.2) is 36.5 Å². The summed E-state index contributed by atoms with van der Waals surface area (Å²) in [7, 11) is 0. The van der Waals surface area contributed by atoms with E-state index in [0.29, 0.717) is 0 Å². The molecule has 0 nitrogen and oxygen atoms in total. The van der Waals surface area contributed by atoms with Crippen LogP contribution in [0.25, 0.3) is 0 Å². The van der Waals surface area contributed by atoms with Gasteiger partial charge in [-0.05, 0) is 19.8 Å². The van der Waals surface area contributed by atoms with Crippen molar-refractivity contribution in [3.8, 4) is 0 Å². The molecule has 0 aromatic rings. The van der Waals surface area contributed by atoms with Crippen molar-refractivity contribution in [2.45, 2.75) is 39.5 Å². The smallest absolute Gasteiger partial charge is 0.0104 e. The van der Waals surface area contributed by atoms with Gasteiger partial charge < -0.3 is 0 Å². The van der Waals surface area contributed by atoms with Crippen molar-refractivity contribution in [1.29, 1.82) is 0 Å². The van der Waals surface area contributed by atoms with Crippen molar-refractivity contribution in [2.24, 2.45) is 0 Å². The van der Waals surface area contributed by atoms with Crippen molar-refractivity contribution < 1.29 is 0 Å². The molecule has 0 aliphatic carbocycles. The third-order valence-electron chi connectivity index (χ3n) is 1.69. The molecule has 0 aliphatic rings. The molecule has 0 rings (SSSR count). The summed E-state index contributed by atoms with van der Waals surface area (Å²) in [5, 5.41) is 0. The molecule has 0 fully saturated rings. The van der Waals surface area contributed by atoms with Crippen LogP contribution in [-0.4, -0.2) is 0 Å². The minimum atomic E-state index is 0.985. The summed E-state index contributed by atoms with van der Waals surface area (Å²) in [4.78, 5) is 0. The van der Waals surface area contributed by atoms with Crippen LogP contribution in [0.5, 0.6) is 0 Å². The molecular weight excluding hydrogens is 144 g/mol. The molecule has 0 atom stereocenters. The Morgan fingerprint density at radius 2 is 2.08 bits per heavy atom. The van der Waals surface area contributed by atoms with Crippen LogP contribution in [0.1, 0.15) is 39.5 Å². The summed E-state index contributed by atoms with van der Waals surface area (Å²) in [6, 6.07) is 0. The minimum absolute atomic E-state index is 0.985. The molecule has 12 heavy (non-hydrogen) atoms. The third-order valence-corrected chi connectivity index (χ3v) is 1.69. The maximum absolute atomic E-state index is 3.95. The second kappa shape index (κ2) is 8.32. The Morgan fingerprint density at radius 3 is 2.67 bits per heavy atom. The molecular formula is C12H20. The van der Waals surface area contributed by atoms with E-state index in [2.05, 4.69) is 37.8 Å². The average Bonchev–Trinajstić information content (AvgIpc) is 2.09. The number of unbranched alkanes of at least 4 members (excludes halogenated alkanes) is 2. The second-order valence-electron chi connectivity index (χ2n) is 2.98. The summed E-state index contributed by atoms with van der Waals surface area (Å²) in [6.07, 6.45) is 13.3. The van der Waals surface area contributed by atoms with E-state index in [4.69, 9.17) is 0 Å². The lowest BCUT2D eigenvalue weighted by molar-refractivity contribution is 0.814. The predicted molar refractivity (Wildman–Crippen MR) is 57.2 cm³/mol. The first kappa shape index (κ1) is 11.2. The van der Waals surface area contributed by atoms with Crippen LogP contribution in [0.4, 0.5) is 0 Å². The van der Waals surface area contributed by atoms with E-state index in [-0.39, 0.29) is 0 Å². The molecule has 0 saturated heterocycles. The Balaban J connectivity index is 3.47. The Kier molecular flexibility index (Phi) is 7.78. The highest BCUT2D eigenvalue weighted by atomic mass is 13.9. The molecule has 0 unspecified atom stereocenters. The monoisotopic (exact) mass is 164 g/mol. The molecule has 0 aromatic carbocycles. The van der Waals surface area contributed by atoms with Gasteiger partial charge in [-0.3, -0.25) is 0 Å². The van der Waals surface area contributed by atoms with Gasteiger partial charge >= 0.3 is 0 Å². The van der Waals surface area contributed by atoms with E-state index >= 15 is 0 Å². The standard InChI is InChI=1S/C12H20/c1-4-6-8-9-11-12(3)10-7-5-2/h5,7,9,11H,3-4,6,8,10H2,1-2H3/b7-5+,11-9+. The zero-order valence-corrected chi connectivity index (χ0v) is 8.34. The zero-order valence-electron chi connectivity index (χ0n) is 8.34. The summed E-state index contributed by atoms with van der Waals surface area (Å²) in [5.74, 6) is 0. The van der Waals surface area contributed by atoms with Crippen molar-refractivity contribution in [3.05, 3.63) is 36.5 Å². The van der Waals surface area contributed by atoms with Crippen LogP contribution in [0.2, 0.25) is 0 Å². The highest BCUT2D eigenvalue weighted by Crippen LogP contribution is 2.03. The van der Waals surface area contributed by atoms with Gasteiger partial charge in [0.2, 0.25) is 0 Å². The van der Waals surface area contributed by atoms with Gasteiger partial charge in [0.1, 0.15) is 0 Å². The molecule has 0 aliphatic heterocycles. The molecule has 0 heteroatoms. The molecule has 0 radical (unpaired) electrons. The van der Waals surface area contributed by atoms with Gasteiger partial charge in [-0.15, -0.1) is 0 Å². The SMILES string of the molecule is C=C(/C=C/CCCC)C/C=C/C. The normalized spacial score (nSPS) is 11.5. The highest BCUT2D eigenvalue weighted by Gasteiger charge is 1.83. The van der Waals surface area contributed by atoms with Crippen LogP contribution < -0.4 is 0 Å². The second-order valence-corrected chi connectivity index (χ2v) is 2.98. The first-order valence-corrected chi connectivity index (χ1v) is 4.76. The van der Waals surface area contributed by atoms with Crippen molar-refractivity contribution in [2.75, 3.05) is 0 Å². The largest absolute Gasteiger partial charge is 0.0955 e. The fourth-order valence-corrected chi connectivity index (χ4v) is 0.909. The predicted octanol–water partition coefficient (Wildman–Crippen LogP) is 4.26. The van der Waals surface area contributed by atoms with Gasteiger partial charge in [-0.2, -0.15) is 0 Å². The molecule has 0 heterocycles. The Bertz CT molecular complexity index is 161.